The molecule has 2 aromatic carbocycles. The SMILES string of the molecule is CCSCC(C)Nc1ccc(C#N)c2ccccc12. The average molecular weight is 270 g/mol. The minimum atomic E-state index is 0.418. The van der Waals surface area contributed by atoms with Crippen molar-refractivity contribution in [3.8, 4) is 6.07 Å². The van der Waals surface area contributed by atoms with Gasteiger partial charge < -0.3 is 5.32 Å². The Balaban J connectivity index is 2.32. The lowest BCUT2D eigenvalue weighted by atomic mass is 10.0. The summed E-state index contributed by atoms with van der Waals surface area (Å²) >= 11 is 1.93. The molecular formula is C16H18N2S. The third kappa shape index (κ3) is 3.21. The van der Waals surface area contributed by atoms with Crippen LogP contribution in [0.15, 0.2) is 36.4 Å². The number of nitrogens with one attached hydrogen (secondary N) is 1. The van der Waals surface area contributed by atoms with E-state index in [1.807, 2.05) is 42.1 Å². The molecule has 2 rings (SSSR count). The highest BCUT2D eigenvalue weighted by molar-refractivity contribution is 7.99. The van der Waals surface area contributed by atoms with Gasteiger partial charge in [0.2, 0.25) is 0 Å². The van der Waals surface area contributed by atoms with E-state index < -0.39 is 0 Å². The van der Waals surface area contributed by atoms with Gasteiger partial charge in [0.1, 0.15) is 0 Å². The van der Waals surface area contributed by atoms with E-state index in [-0.39, 0.29) is 0 Å². The summed E-state index contributed by atoms with van der Waals surface area (Å²) in [5.74, 6) is 2.23. The van der Waals surface area contributed by atoms with Crippen LogP contribution in [0.2, 0.25) is 0 Å². The van der Waals surface area contributed by atoms with Crippen LogP contribution in [-0.2, 0) is 0 Å². The fourth-order valence-electron chi connectivity index (χ4n) is 2.12. The first-order chi connectivity index (χ1) is 9.26. The number of benzene rings is 2. The Labute approximate surface area is 118 Å². The first-order valence-electron chi connectivity index (χ1n) is 6.52. The molecule has 3 heteroatoms. The van der Waals surface area contributed by atoms with Crippen LogP contribution in [0.25, 0.3) is 10.8 Å². The molecule has 2 nitrogen and oxygen atoms in total. The van der Waals surface area contributed by atoms with Gasteiger partial charge >= 0.3 is 0 Å². The maximum absolute atomic E-state index is 9.15. The van der Waals surface area contributed by atoms with Crippen LogP contribution in [0.4, 0.5) is 5.69 Å². The Morgan fingerprint density at radius 3 is 2.63 bits per heavy atom. The fourth-order valence-corrected chi connectivity index (χ4v) is 2.80. The van der Waals surface area contributed by atoms with E-state index >= 15 is 0 Å². The summed E-state index contributed by atoms with van der Waals surface area (Å²) in [5, 5.41) is 14.8. The van der Waals surface area contributed by atoms with Gasteiger partial charge in [-0.3, -0.25) is 0 Å². The third-order valence-electron chi connectivity index (χ3n) is 3.02. The van der Waals surface area contributed by atoms with Crippen molar-refractivity contribution in [3.63, 3.8) is 0 Å². The zero-order chi connectivity index (χ0) is 13.7. The van der Waals surface area contributed by atoms with Gasteiger partial charge in [-0.25, -0.2) is 0 Å². The van der Waals surface area contributed by atoms with E-state index in [0.29, 0.717) is 6.04 Å². The summed E-state index contributed by atoms with van der Waals surface area (Å²) in [5.41, 5.74) is 1.84. The van der Waals surface area contributed by atoms with Gasteiger partial charge in [-0.1, -0.05) is 31.2 Å². The predicted molar refractivity (Wildman–Crippen MR) is 84.7 cm³/mol. The Morgan fingerprint density at radius 1 is 1.21 bits per heavy atom. The summed E-state index contributed by atoms with van der Waals surface area (Å²) in [4.78, 5) is 0. The minimum Gasteiger partial charge on any atom is -0.381 e. The zero-order valence-electron chi connectivity index (χ0n) is 11.3. The highest BCUT2D eigenvalue weighted by Crippen LogP contribution is 2.27. The molecule has 0 aliphatic rings. The van der Waals surface area contributed by atoms with Crippen molar-refractivity contribution >= 4 is 28.2 Å². The molecule has 98 valence electrons. The maximum Gasteiger partial charge on any atom is 0.0998 e. The lowest BCUT2D eigenvalue weighted by Gasteiger charge is -2.16. The summed E-state index contributed by atoms with van der Waals surface area (Å²) in [6.07, 6.45) is 0. The molecule has 0 aliphatic heterocycles. The van der Waals surface area contributed by atoms with Crippen molar-refractivity contribution in [2.24, 2.45) is 0 Å². The molecule has 0 bridgehead atoms. The molecule has 19 heavy (non-hydrogen) atoms. The van der Waals surface area contributed by atoms with E-state index in [1.165, 1.54) is 0 Å². The maximum atomic E-state index is 9.15. The average Bonchev–Trinajstić information content (AvgIpc) is 2.45. The second-order valence-corrected chi connectivity index (χ2v) is 5.84. The number of anilines is 1. The number of nitrogens with zero attached hydrogens (tertiary/aromatic N) is 1. The Morgan fingerprint density at radius 2 is 1.95 bits per heavy atom. The second-order valence-electron chi connectivity index (χ2n) is 4.52. The lowest BCUT2D eigenvalue weighted by molar-refractivity contribution is 0.915. The summed E-state index contributed by atoms with van der Waals surface area (Å²) in [6.45, 7) is 4.37. The van der Waals surface area contributed by atoms with Crippen molar-refractivity contribution < 1.29 is 0 Å². The molecule has 0 radical (unpaired) electrons. The largest absolute Gasteiger partial charge is 0.381 e. The summed E-state index contributed by atoms with van der Waals surface area (Å²) in [7, 11) is 0. The van der Waals surface area contributed by atoms with Crippen LogP contribution < -0.4 is 5.32 Å². The van der Waals surface area contributed by atoms with Gasteiger partial charge in [-0.05, 0) is 24.8 Å². The number of thioether (sulfide) groups is 1. The molecular weight excluding hydrogens is 252 g/mol. The second kappa shape index (κ2) is 6.49. The van der Waals surface area contributed by atoms with Crippen molar-refractivity contribution in [1.82, 2.24) is 0 Å². The quantitative estimate of drug-likeness (QED) is 0.881. The molecule has 0 saturated heterocycles. The first kappa shape index (κ1) is 13.8. The van der Waals surface area contributed by atoms with E-state index in [0.717, 1.165) is 33.5 Å². The van der Waals surface area contributed by atoms with Crippen LogP contribution in [0, 0.1) is 11.3 Å². The fraction of sp³-hybridized carbons (Fsp3) is 0.312. The number of hydrogen-bond donors (Lipinski definition) is 1. The highest BCUT2D eigenvalue weighted by Gasteiger charge is 2.07. The number of nitriles is 1. The van der Waals surface area contributed by atoms with Gasteiger partial charge in [-0.2, -0.15) is 17.0 Å². The van der Waals surface area contributed by atoms with Crippen LogP contribution in [0.1, 0.15) is 19.4 Å². The van der Waals surface area contributed by atoms with Crippen LogP contribution >= 0.6 is 11.8 Å². The van der Waals surface area contributed by atoms with Crippen LogP contribution in [0.5, 0.6) is 0 Å². The van der Waals surface area contributed by atoms with Gasteiger partial charge in [0, 0.05) is 28.3 Å². The van der Waals surface area contributed by atoms with Crippen LogP contribution in [0.3, 0.4) is 0 Å². The molecule has 0 spiro atoms. The highest BCUT2D eigenvalue weighted by atomic mass is 32.2. The molecule has 1 unspecified atom stereocenters. The molecule has 2 aromatic rings. The monoisotopic (exact) mass is 270 g/mol. The van der Waals surface area contributed by atoms with Gasteiger partial charge in [0.05, 0.1) is 11.6 Å². The normalized spacial score (nSPS) is 12.1. The van der Waals surface area contributed by atoms with Crippen molar-refractivity contribution in [3.05, 3.63) is 42.0 Å². The van der Waals surface area contributed by atoms with Gasteiger partial charge in [-0.15, -0.1) is 0 Å². The topological polar surface area (TPSA) is 35.8 Å². The lowest BCUT2D eigenvalue weighted by Crippen LogP contribution is -2.18. The smallest absolute Gasteiger partial charge is 0.0998 e. The van der Waals surface area contributed by atoms with Crippen molar-refractivity contribution in [2.45, 2.75) is 19.9 Å². The number of fused-ring (bicyclic) bond motifs is 1. The molecule has 0 saturated carbocycles. The molecule has 0 fully saturated rings. The van der Waals surface area contributed by atoms with E-state index in [9.17, 15) is 0 Å². The molecule has 1 N–H and O–H groups in total. The number of rotatable bonds is 5. The Hall–Kier alpha value is -1.66. The van der Waals surface area contributed by atoms with E-state index in [2.05, 4.69) is 31.3 Å². The molecule has 0 heterocycles. The number of hydrogen-bond acceptors (Lipinski definition) is 3. The molecule has 0 aliphatic carbocycles. The van der Waals surface area contributed by atoms with E-state index in [4.69, 9.17) is 5.26 Å². The van der Waals surface area contributed by atoms with Crippen LogP contribution in [-0.4, -0.2) is 17.5 Å². The Kier molecular flexibility index (Phi) is 4.70. The van der Waals surface area contributed by atoms with Crippen molar-refractivity contribution in [1.29, 1.82) is 5.26 Å². The van der Waals surface area contributed by atoms with Gasteiger partial charge in [0.25, 0.3) is 0 Å². The molecule has 1 atom stereocenters. The van der Waals surface area contributed by atoms with Crippen molar-refractivity contribution in [2.75, 3.05) is 16.8 Å². The predicted octanol–water partition coefficient (Wildman–Crippen LogP) is 4.26. The minimum absolute atomic E-state index is 0.418. The zero-order valence-corrected chi connectivity index (χ0v) is 12.1. The Bertz CT molecular complexity index is 601. The first-order valence-corrected chi connectivity index (χ1v) is 7.68. The molecule has 0 amide bonds. The van der Waals surface area contributed by atoms with E-state index in [1.54, 1.807) is 0 Å². The standard InChI is InChI=1S/C16H18N2S/c1-3-19-11-12(2)18-16-9-8-13(10-17)14-6-4-5-7-15(14)16/h4-9,12,18H,3,11H2,1-2H3. The summed E-state index contributed by atoms with van der Waals surface area (Å²) < 4.78 is 0. The summed E-state index contributed by atoms with van der Waals surface area (Å²) in [6, 6.07) is 14.6. The molecule has 0 aromatic heterocycles. The third-order valence-corrected chi connectivity index (χ3v) is 4.16. The van der Waals surface area contributed by atoms with Gasteiger partial charge in [0.15, 0.2) is 0 Å².